The van der Waals surface area contributed by atoms with E-state index in [4.69, 9.17) is 4.42 Å². The molecular formula is C28H30N6O6S. The zero-order chi connectivity index (χ0) is 29.7. The Labute approximate surface area is 239 Å². The Morgan fingerprint density at radius 3 is 2.46 bits per heavy atom. The molecule has 1 aromatic carbocycles. The van der Waals surface area contributed by atoms with E-state index in [9.17, 15) is 19.2 Å². The van der Waals surface area contributed by atoms with Crippen LogP contribution in [0.1, 0.15) is 49.1 Å². The van der Waals surface area contributed by atoms with Crippen molar-refractivity contribution in [2.75, 3.05) is 12.4 Å². The van der Waals surface area contributed by atoms with Gasteiger partial charge in [0.05, 0.1) is 24.8 Å². The molecular weight excluding hydrogens is 548 g/mol. The third-order valence-corrected chi connectivity index (χ3v) is 7.57. The molecule has 3 aromatic heterocycles. The van der Waals surface area contributed by atoms with Crippen molar-refractivity contribution in [3.63, 3.8) is 0 Å². The minimum atomic E-state index is -1.01. The van der Waals surface area contributed by atoms with Crippen LogP contribution in [0.25, 0.3) is 11.4 Å². The van der Waals surface area contributed by atoms with E-state index in [-0.39, 0.29) is 29.2 Å². The van der Waals surface area contributed by atoms with Crippen LogP contribution < -0.4 is 16.2 Å². The van der Waals surface area contributed by atoms with Crippen LogP contribution in [0.2, 0.25) is 0 Å². The van der Waals surface area contributed by atoms with E-state index in [1.54, 1.807) is 44.2 Å². The lowest BCUT2D eigenvalue weighted by Gasteiger charge is -2.21. The largest absolute Gasteiger partial charge is 0.453 e. The van der Waals surface area contributed by atoms with Crippen molar-refractivity contribution in [2.24, 2.45) is 5.92 Å². The highest BCUT2D eigenvalue weighted by Crippen LogP contribution is 2.33. The van der Waals surface area contributed by atoms with Crippen LogP contribution in [0.15, 0.2) is 63.3 Å². The molecule has 0 fully saturated rings. The summed E-state index contributed by atoms with van der Waals surface area (Å²) in [4.78, 5) is 57.0. The Hall–Kier alpha value is -4.65. The van der Waals surface area contributed by atoms with E-state index < -0.39 is 41.3 Å². The average molecular weight is 579 g/mol. The lowest BCUT2D eigenvalue weighted by atomic mass is 9.91. The maximum Gasteiger partial charge on any atom is 0.411 e. The average Bonchev–Trinajstić information content (AvgIpc) is 3.68. The fourth-order valence-electron chi connectivity index (χ4n) is 4.05. The summed E-state index contributed by atoms with van der Waals surface area (Å²) in [7, 11) is 1.16. The zero-order valence-corrected chi connectivity index (χ0v) is 24.0. The van der Waals surface area contributed by atoms with Crippen LogP contribution >= 0.6 is 11.3 Å². The molecule has 2 amide bonds. The first kappa shape index (κ1) is 29.3. The molecule has 0 aliphatic heterocycles. The Morgan fingerprint density at radius 1 is 1.10 bits per heavy atom. The molecule has 0 spiro atoms. The Bertz CT molecular complexity index is 1590. The molecule has 1 unspecified atom stereocenters. The number of anilines is 1. The number of ether oxygens (including phenoxy) is 1. The van der Waals surface area contributed by atoms with Gasteiger partial charge < -0.3 is 14.5 Å². The number of methoxy groups -OCH3 is 1. The molecule has 3 heterocycles. The van der Waals surface area contributed by atoms with Crippen molar-refractivity contribution >= 4 is 34.8 Å². The van der Waals surface area contributed by atoms with Crippen molar-refractivity contribution in [1.82, 2.24) is 25.1 Å². The molecule has 12 nitrogen and oxygen atoms in total. The molecule has 0 aliphatic carbocycles. The van der Waals surface area contributed by atoms with Gasteiger partial charge in [0.25, 0.3) is 11.4 Å². The minimum Gasteiger partial charge on any atom is -0.453 e. The molecule has 41 heavy (non-hydrogen) atoms. The number of carbonyl (C=O) groups is 3. The maximum absolute atomic E-state index is 13.4. The maximum atomic E-state index is 13.4. The zero-order valence-electron chi connectivity index (χ0n) is 23.2. The Morgan fingerprint density at radius 2 is 1.83 bits per heavy atom. The monoisotopic (exact) mass is 578 g/mol. The number of thiophene rings is 1. The first-order valence-electron chi connectivity index (χ1n) is 12.7. The van der Waals surface area contributed by atoms with Gasteiger partial charge in [-0.25, -0.2) is 9.78 Å². The lowest BCUT2D eigenvalue weighted by Crippen LogP contribution is -2.46. The highest BCUT2D eigenvalue weighted by molar-refractivity contribution is 7.10. The number of nitrogens with one attached hydrogen (secondary N) is 2. The van der Waals surface area contributed by atoms with Gasteiger partial charge in [-0.3, -0.25) is 24.3 Å². The number of Topliss-reactive ketones (excluding diaryl/α,β-unsaturated/α-hetero) is 1. The highest BCUT2D eigenvalue weighted by atomic mass is 32.1. The molecule has 2 N–H and O–H groups in total. The van der Waals surface area contributed by atoms with Gasteiger partial charge in [0.15, 0.2) is 0 Å². The second kappa shape index (κ2) is 12.3. The minimum absolute atomic E-state index is 0.174. The fourth-order valence-corrected chi connectivity index (χ4v) is 4.89. The molecule has 0 radical (unpaired) electrons. The van der Waals surface area contributed by atoms with Crippen molar-refractivity contribution in [2.45, 2.75) is 45.7 Å². The number of carbonyl (C=O) groups excluding carboxylic acids is 3. The molecule has 4 aromatic rings. The van der Waals surface area contributed by atoms with Crippen molar-refractivity contribution in [3.05, 3.63) is 81.1 Å². The van der Waals surface area contributed by atoms with Crippen LogP contribution in [0.3, 0.4) is 0 Å². The first-order chi connectivity index (χ1) is 19.5. The summed E-state index contributed by atoms with van der Waals surface area (Å²) in [6.45, 7) is 6.88. The smallest absolute Gasteiger partial charge is 0.411 e. The first-order valence-corrected chi connectivity index (χ1v) is 13.6. The number of rotatable bonds is 10. The molecule has 0 saturated heterocycles. The van der Waals surface area contributed by atoms with Gasteiger partial charge in [-0.05, 0) is 31.2 Å². The summed E-state index contributed by atoms with van der Waals surface area (Å²) < 4.78 is 11.5. The summed E-state index contributed by atoms with van der Waals surface area (Å²) in [6, 6.07) is 11.6. The van der Waals surface area contributed by atoms with Crippen molar-refractivity contribution < 1.29 is 23.5 Å². The van der Waals surface area contributed by atoms with E-state index >= 15 is 0 Å². The third kappa shape index (κ3) is 6.40. The van der Waals surface area contributed by atoms with Crippen LogP contribution in [-0.4, -0.2) is 50.7 Å². The van der Waals surface area contributed by atoms with Crippen LogP contribution in [-0.2, 0) is 21.5 Å². The van der Waals surface area contributed by atoms with Gasteiger partial charge in [-0.15, -0.1) is 21.5 Å². The summed E-state index contributed by atoms with van der Waals surface area (Å²) in [5, 5.41) is 15.0. The number of ketones is 1. The fraction of sp³-hybridized carbons (Fsp3) is 0.321. The molecule has 0 aliphatic rings. The van der Waals surface area contributed by atoms with E-state index in [0.29, 0.717) is 5.56 Å². The number of nitrogens with zero attached hydrogens (tertiary/aromatic N) is 4. The Balaban J connectivity index is 1.60. The molecule has 214 valence electrons. The summed E-state index contributed by atoms with van der Waals surface area (Å²) in [5.41, 5.74) is -0.886. The van der Waals surface area contributed by atoms with Gasteiger partial charge in [0.1, 0.15) is 18.1 Å². The second-order valence-corrected chi connectivity index (χ2v) is 11.0. The number of amides is 2. The summed E-state index contributed by atoms with van der Waals surface area (Å²) >= 11 is 1.54. The molecule has 4 rings (SSSR count). The molecule has 0 saturated carbocycles. The third-order valence-electron chi connectivity index (χ3n) is 6.38. The standard InChI is InChI=1S/C28H30N6O6S/c1-16(2)21(22(36)24-32-33-26(40-24)28(3,4)19-12-9-13-41-19)31-20(35)15-34-23(17-10-7-6-8-11-17)29-14-18(25(34)37)30-27(38)39-5/h6-14,16,21H,15H2,1-5H3,(H,30,38)(H,31,35). The van der Waals surface area contributed by atoms with E-state index in [2.05, 4.69) is 30.6 Å². The normalized spacial score (nSPS) is 12.1. The SMILES string of the molecule is COC(=O)Nc1cnc(-c2ccccc2)n(CC(=O)NC(C(=O)c2nnc(C(C)(C)c3cccs3)o2)C(C)C)c1=O. The van der Waals surface area contributed by atoms with E-state index in [0.717, 1.165) is 16.6 Å². The van der Waals surface area contributed by atoms with Crippen LogP contribution in [0, 0.1) is 5.92 Å². The number of hydrogen-bond donors (Lipinski definition) is 2. The van der Waals surface area contributed by atoms with E-state index in [1.165, 1.54) is 17.5 Å². The second-order valence-electron chi connectivity index (χ2n) is 10.0. The van der Waals surface area contributed by atoms with Gasteiger partial charge in [-0.1, -0.05) is 50.2 Å². The quantitative estimate of drug-likeness (QED) is 0.266. The van der Waals surface area contributed by atoms with Gasteiger partial charge in [0, 0.05) is 10.4 Å². The van der Waals surface area contributed by atoms with Gasteiger partial charge in [-0.2, -0.15) is 0 Å². The molecule has 13 heteroatoms. The Kier molecular flexibility index (Phi) is 8.77. The lowest BCUT2D eigenvalue weighted by molar-refractivity contribution is -0.122. The topological polar surface area (TPSA) is 158 Å². The molecule has 1 atom stereocenters. The summed E-state index contributed by atoms with van der Waals surface area (Å²) in [5.74, 6) is -1.28. The van der Waals surface area contributed by atoms with Crippen molar-refractivity contribution in [3.8, 4) is 11.4 Å². The number of aromatic nitrogens is 4. The number of benzene rings is 1. The van der Waals surface area contributed by atoms with E-state index in [1.807, 2.05) is 31.4 Å². The highest BCUT2D eigenvalue weighted by Gasteiger charge is 2.34. The van der Waals surface area contributed by atoms with Crippen LogP contribution in [0.5, 0.6) is 0 Å². The van der Waals surface area contributed by atoms with Gasteiger partial charge in [0.2, 0.25) is 17.6 Å². The van der Waals surface area contributed by atoms with Crippen molar-refractivity contribution in [1.29, 1.82) is 0 Å². The summed E-state index contributed by atoms with van der Waals surface area (Å²) in [6.07, 6.45) is 0.334. The molecule has 0 bridgehead atoms. The number of hydrogen-bond acceptors (Lipinski definition) is 10. The van der Waals surface area contributed by atoms with Crippen LogP contribution in [0.4, 0.5) is 10.5 Å². The predicted octanol–water partition coefficient (Wildman–Crippen LogP) is 3.88. The van der Waals surface area contributed by atoms with Gasteiger partial charge >= 0.3 is 6.09 Å². The predicted molar refractivity (Wildman–Crippen MR) is 152 cm³/mol.